The van der Waals surface area contributed by atoms with Gasteiger partial charge >= 0.3 is 6.18 Å². The maximum absolute atomic E-state index is 12.6. The van der Waals surface area contributed by atoms with Crippen molar-refractivity contribution in [3.8, 4) is 0 Å². The lowest BCUT2D eigenvalue weighted by atomic mass is 10.1. The minimum atomic E-state index is -4.44. The van der Waals surface area contributed by atoms with Gasteiger partial charge in [-0.25, -0.2) is 8.42 Å². The van der Waals surface area contributed by atoms with Crippen LogP contribution in [-0.2, 0) is 22.6 Å². The first-order valence-corrected chi connectivity index (χ1v) is 11.2. The van der Waals surface area contributed by atoms with Crippen molar-refractivity contribution < 1.29 is 21.6 Å². The van der Waals surface area contributed by atoms with Crippen LogP contribution in [0, 0.1) is 6.92 Å². The first-order valence-electron chi connectivity index (χ1n) is 8.95. The fraction of sp³-hybridized carbons (Fsp3) is 0.421. The Morgan fingerprint density at radius 3 is 2.31 bits per heavy atom. The molecule has 1 aliphatic rings. The van der Waals surface area contributed by atoms with Crippen molar-refractivity contribution in [2.24, 2.45) is 0 Å². The summed E-state index contributed by atoms with van der Waals surface area (Å²) in [6.07, 6.45) is -2.02. The van der Waals surface area contributed by atoms with Crippen LogP contribution in [0.1, 0.15) is 16.8 Å². The second-order valence-corrected chi connectivity index (χ2v) is 9.55. The van der Waals surface area contributed by atoms with Crippen molar-refractivity contribution in [1.29, 1.82) is 0 Å². The summed E-state index contributed by atoms with van der Waals surface area (Å²) in [5.41, 5.74) is 1.09. The van der Waals surface area contributed by atoms with Crippen LogP contribution in [0.15, 0.2) is 35.4 Å². The molecule has 3 rings (SSSR count). The number of anilines is 1. The molecule has 0 radical (unpaired) electrons. The van der Waals surface area contributed by atoms with E-state index in [2.05, 4.69) is 9.88 Å². The number of aryl methyl sites for hydroxylation is 1. The molecule has 0 spiro atoms. The molecule has 1 saturated heterocycles. The minimum absolute atomic E-state index is 0.259. The van der Waals surface area contributed by atoms with Gasteiger partial charge in [-0.15, -0.1) is 0 Å². The number of sulfone groups is 1. The highest BCUT2D eigenvalue weighted by Gasteiger charge is 2.32. The van der Waals surface area contributed by atoms with E-state index in [1.165, 1.54) is 18.5 Å². The fourth-order valence-corrected chi connectivity index (χ4v) is 4.68. The van der Waals surface area contributed by atoms with E-state index in [4.69, 9.17) is 11.6 Å². The summed E-state index contributed by atoms with van der Waals surface area (Å²) in [6.45, 7) is 4.79. The van der Waals surface area contributed by atoms with E-state index in [0.717, 1.165) is 6.07 Å². The van der Waals surface area contributed by atoms with Crippen molar-refractivity contribution in [1.82, 2.24) is 9.88 Å². The van der Waals surface area contributed by atoms with Gasteiger partial charge in [-0.05, 0) is 36.2 Å². The largest absolute Gasteiger partial charge is 0.433 e. The number of aromatic nitrogens is 1. The SMILES string of the molecule is Cc1cc(Cl)c(N2CCN(Cc3ccc(C(F)(F)F)nc3)CC2)cc1S(C)(=O)=O. The molecule has 10 heteroatoms. The lowest BCUT2D eigenvalue weighted by Gasteiger charge is -2.36. The Bertz CT molecular complexity index is 987. The average Bonchev–Trinajstić information content (AvgIpc) is 2.61. The monoisotopic (exact) mass is 447 g/mol. The van der Waals surface area contributed by atoms with Crippen molar-refractivity contribution in [2.45, 2.75) is 24.5 Å². The van der Waals surface area contributed by atoms with Crippen molar-refractivity contribution in [2.75, 3.05) is 37.3 Å². The standard InChI is InChI=1S/C19H21ClF3N3O2S/c1-13-9-15(20)16(10-17(13)29(2,27)28)26-7-5-25(6-8-26)12-14-3-4-18(24-11-14)19(21,22)23/h3-4,9-11H,5-8,12H2,1-2H3. The minimum Gasteiger partial charge on any atom is -0.368 e. The highest BCUT2D eigenvalue weighted by molar-refractivity contribution is 7.90. The second-order valence-electron chi connectivity index (χ2n) is 7.15. The Hall–Kier alpha value is -1.84. The Morgan fingerprint density at radius 1 is 1.14 bits per heavy atom. The van der Waals surface area contributed by atoms with Crippen molar-refractivity contribution in [3.05, 3.63) is 52.3 Å². The van der Waals surface area contributed by atoms with Gasteiger partial charge in [-0.1, -0.05) is 17.7 Å². The number of alkyl halides is 3. The third kappa shape index (κ3) is 5.21. The first kappa shape index (κ1) is 21.9. The number of hydrogen-bond donors (Lipinski definition) is 0. The summed E-state index contributed by atoms with van der Waals surface area (Å²) in [4.78, 5) is 7.89. The van der Waals surface area contributed by atoms with E-state index >= 15 is 0 Å². The molecule has 0 amide bonds. The molecule has 0 bridgehead atoms. The van der Waals surface area contributed by atoms with E-state index in [0.29, 0.717) is 54.6 Å². The molecular formula is C19H21ClF3N3O2S. The third-order valence-corrected chi connectivity index (χ3v) is 6.42. The van der Waals surface area contributed by atoms with Crippen LogP contribution in [0.3, 0.4) is 0 Å². The van der Waals surface area contributed by atoms with Gasteiger partial charge in [0.05, 0.1) is 15.6 Å². The van der Waals surface area contributed by atoms with Crippen LogP contribution in [0.25, 0.3) is 0 Å². The van der Waals surface area contributed by atoms with E-state index in [1.807, 2.05) is 4.90 Å². The lowest BCUT2D eigenvalue weighted by molar-refractivity contribution is -0.141. The number of benzene rings is 1. The molecule has 5 nitrogen and oxygen atoms in total. The molecule has 158 valence electrons. The number of piperazine rings is 1. The molecule has 0 aliphatic carbocycles. The van der Waals surface area contributed by atoms with E-state index in [9.17, 15) is 21.6 Å². The predicted octanol–water partition coefficient (Wildman–Crippen LogP) is 3.79. The summed E-state index contributed by atoms with van der Waals surface area (Å²) < 4.78 is 61.8. The van der Waals surface area contributed by atoms with E-state index in [1.54, 1.807) is 19.1 Å². The molecule has 29 heavy (non-hydrogen) atoms. The maximum atomic E-state index is 12.6. The van der Waals surface area contributed by atoms with E-state index < -0.39 is 21.7 Å². The number of pyridine rings is 1. The topological polar surface area (TPSA) is 53.5 Å². The number of nitrogens with zero attached hydrogens (tertiary/aromatic N) is 3. The molecule has 2 aromatic rings. The molecule has 1 fully saturated rings. The van der Waals surface area contributed by atoms with Crippen molar-refractivity contribution in [3.63, 3.8) is 0 Å². The number of halogens is 4. The van der Waals surface area contributed by atoms with Crippen LogP contribution in [0.5, 0.6) is 0 Å². The van der Waals surface area contributed by atoms with Crippen LogP contribution >= 0.6 is 11.6 Å². The average molecular weight is 448 g/mol. The molecule has 1 aromatic heterocycles. The molecule has 0 N–H and O–H groups in total. The van der Waals surface area contributed by atoms with Gasteiger partial charge < -0.3 is 4.90 Å². The van der Waals surface area contributed by atoms with Crippen LogP contribution in [-0.4, -0.2) is 50.7 Å². The number of rotatable bonds is 4. The van der Waals surface area contributed by atoms with Gasteiger partial charge in [0.15, 0.2) is 9.84 Å². The lowest BCUT2D eigenvalue weighted by Crippen LogP contribution is -2.46. The molecule has 1 aliphatic heterocycles. The van der Waals surface area contributed by atoms with Gasteiger partial charge in [0, 0.05) is 45.2 Å². The smallest absolute Gasteiger partial charge is 0.368 e. The summed E-state index contributed by atoms with van der Waals surface area (Å²) in [7, 11) is -3.36. The normalized spacial score (nSPS) is 16.3. The van der Waals surface area contributed by atoms with Gasteiger partial charge in [0.1, 0.15) is 5.69 Å². The summed E-state index contributed by atoms with van der Waals surface area (Å²) in [6, 6.07) is 5.71. The quantitative estimate of drug-likeness (QED) is 0.713. The Morgan fingerprint density at radius 2 is 1.79 bits per heavy atom. The van der Waals surface area contributed by atoms with Gasteiger partial charge in [0.2, 0.25) is 0 Å². The zero-order chi connectivity index (χ0) is 21.4. The summed E-state index contributed by atoms with van der Waals surface area (Å²) in [5, 5.41) is 0.496. The molecule has 1 aromatic carbocycles. The molecule has 0 unspecified atom stereocenters. The second kappa shape index (κ2) is 8.12. The van der Waals surface area contributed by atoms with E-state index in [-0.39, 0.29) is 4.90 Å². The Labute approximate surface area is 173 Å². The fourth-order valence-electron chi connectivity index (χ4n) is 3.37. The van der Waals surface area contributed by atoms with Gasteiger partial charge in [0.25, 0.3) is 0 Å². The van der Waals surface area contributed by atoms with Crippen LogP contribution < -0.4 is 4.90 Å². The molecule has 2 heterocycles. The number of hydrogen-bond acceptors (Lipinski definition) is 5. The highest BCUT2D eigenvalue weighted by atomic mass is 35.5. The van der Waals surface area contributed by atoms with Crippen LogP contribution in [0.2, 0.25) is 5.02 Å². The molecule has 0 atom stereocenters. The highest BCUT2D eigenvalue weighted by Crippen LogP contribution is 2.32. The maximum Gasteiger partial charge on any atom is 0.433 e. The molecule has 0 saturated carbocycles. The van der Waals surface area contributed by atoms with Gasteiger partial charge in [-0.3, -0.25) is 9.88 Å². The van der Waals surface area contributed by atoms with Gasteiger partial charge in [-0.2, -0.15) is 13.2 Å². The summed E-state index contributed by atoms with van der Waals surface area (Å²) >= 11 is 6.35. The Balaban J connectivity index is 1.67. The zero-order valence-corrected chi connectivity index (χ0v) is 17.6. The Kier molecular flexibility index (Phi) is 6.12. The predicted molar refractivity (Wildman–Crippen MR) is 106 cm³/mol. The third-order valence-electron chi connectivity index (χ3n) is 4.88. The molecular weight excluding hydrogens is 427 g/mol. The zero-order valence-electron chi connectivity index (χ0n) is 16.0. The first-order chi connectivity index (χ1) is 13.4. The summed E-state index contributed by atoms with van der Waals surface area (Å²) in [5.74, 6) is 0. The van der Waals surface area contributed by atoms with Crippen molar-refractivity contribution >= 4 is 27.1 Å². The van der Waals surface area contributed by atoms with Crippen LogP contribution in [0.4, 0.5) is 18.9 Å².